The highest BCUT2D eigenvalue weighted by atomic mass is 16.3. The van der Waals surface area contributed by atoms with Gasteiger partial charge in [-0.15, -0.1) is 0 Å². The molecule has 2 aliphatic heterocycles. The van der Waals surface area contributed by atoms with Crippen LogP contribution in [0.1, 0.15) is 37.9 Å². The van der Waals surface area contributed by atoms with Crippen LogP contribution in [0, 0.1) is 0 Å². The van der Waals surface area contributed by atoms with E-state index < -0.39 is 6.10 Å². The number of fused-ring (bicyclic) bond motifs is 1. The zero-order valence-electron chi connectivity index (χ0n) is 12.1. The monoisotopic (exact) mass is 276 g/mol. The molecular weight excluding hydrogens is 252 g/mol. The smallest absolute Gasteiger partial charge is 0.123 e. The molecule has 4 nitrogen and oxygen atoms in total. The molecule has 2 fully saturated rings. The molecule has 2 aliphatic rings. The Morgan fingerprint density at radius 3 is 2.80 bits per heavy atom. The molecule has 2 unspecified atom stereocenters. The maximum atomic E-state index is 10.0. The van der Waals surface area contributed by atoms with Crippen LogP contribution in [0.2, 0.25) is 0 Å². The van der Waals surface area contributed by atoms with Crippen molar-refractivity contribution in [2.75, 3.05) is 31.1 Å². The summed E-state index contributed by atoms with van der Waals surface area (Å²) in [7, 11) is 0. The van der Waals surface area contributed by atoms with E-state index in [1.165, 1.54) is 25.8 Å². The molecule has 0 radical (unpaired) electrons. The van der Waals surface area contributed by atoms with Crippen LogP contribution >= 0.6 is 0 Å². The lowest BCUT2D eigenvalue weighted by Crippen LogP contribution is -2.54. The minimum Gasteiger partial charge on any atom is -0.507 e. The highest BCUT2D eigenvalue weighted by molar-refractivity contribution is 5.54. The molecule has 0 aliphatic carbocycles. The molecule has 0 bridgehead atoms. The number of aromatic hydroxyl groups is 1. The number of phenolic OH excluding ortho intramolecular Hbond substituents is 1. The number of piperazine rings is 1. The lowest BCUT2D eigenvalue weighted by atomic mass is 9.99. The van der Waals surface area contributed by atoms with E-state index >= 15 is 0 Å². The van der Waals surface area contributed by atoms with Gasteiger partial charge in [-0.1, -0.05) is 12.5 Å². The molecule has 4 heteroatoms. The number of benzene rings is 1. The maximum Gasteiger partial charge on any atom is 0.123 e. The molecule has 110 valence electrons. The van der Waals surface area contributed by atoms with E-state index in [9.17, 15) is 10.2 Å². The van der Waals surface area contributed by atoms with Crippen molar-refractivity contribution < 1.29 is 10.2 Å². The number of rotatable bonds is 2. The number of hydrogen-bond acceptors (Lipinski definition) is 4. The van der Waals surface area contributed by atoms with Crippen LogP contribution in [0.4, 0.5) is 5.69 Å². The maximum absolute atomic E-state index is 10.0. The molecule has 20 heavy (non-hydrogen) atoms. The second-order valence-electron chi connectivity index (χ2n) is 6.05. The molecule has 2 saturated heterocycles. The van der Waals surface area contributed by atoms with E-state index in [1.807, 2.05) is 12.1 Å². The fraction of sp³-hybridized carbons (Fsp3) is 0.625. The number of aliphatic hydroxyl groups excluding tert-OH is 1. The molecule has 0 aromatic heterocycles. The van der Waals surface area contributed by atoms with Crippen LogP contribution in [0.3, 0.4) is 0 Å². The molecule has 2 heterocycles. The number of phenols is 1. The van der Waals surface area contributed by atoms with E-state index in [0.29, 0.717) is 11.6 Å². The molecule has 0 saturated carbocycles. The van der Waals surface area contributed by atoms with Crippen molar-refractivity contribution in [3.05, 3.63) is 23.8 Å². The van der Waals surface area contributed by atoms with Gasteiger partial charge in [0.2, 0.25) is 0 Å². The van der Waals surface area contributed by atoms with Crippen LogP contribution in [0.5, 0.6) is 5.75 Å². The van der Waals surface area contributed by atoms with Crippen LogP contribution in [-0.2, 0) is 0 Å². The van der Waals surface area contributed by atoms with Crippen molar-refractivity contribution >= 4 is 5.69 Å². The first-order valence-corrected chi connectivity index (χ1v) is 7.65. The van der Waals surface area contributed by atoms with Crippen molar-refractivity contribution in [3.63, 3.8) is 0 Å². The first-order valence-electron chi connectivity index (χ1n) is 7.65. The molecule has 2 atom stereocenters. The molecule has 3 rings (SSSR count). The molecule has 2 N–H and O–H groups in total. The van der Waals surface area contributed by atoms with Crippen LogP contribution in [-0.4, -0.2) is 47.3 Å². The summed E-state index contributed by atoms with van der Waals surface area (Å²) in [6.45, 7) is 6.10. The molecule has 0 spiro atoms. The van der Waals surface area contributed by atoms with Crippen molar-refractivity contribution in [3.8, 4) is 5.75 Å². The third kappa shape index (κ3) is 2.63. The number of nitrogens with zero attached hydrogens (tertiary/aromatic N) is 2. The number of aliphatic hydroxyl groups is 1. The molecular formula is C16H24N2O2. The summed E-state index contributed by atoms with van der Waals surface area (Å²) < 4.78 is 0. The van der Waals surface area contributed by atoms with Gasteiger partial charge in [0, 0.05) is 43.0 Å². The number of hydrogen-bond donors (Lipinski definition) is 2. The zero-order valence-corrected chi connectivity index (χ0v) is 12.1. The average Bonchev–Trinajstić information content (AvgIpc) is 2.46. The van der Waals surface area contributed by atoms with Gasteiger partial charge < -0.3 is 15.1 Å². The fourth-order valence-electron chi connectivity index (χ4n) is 3.47. The van der Waals surface area contributed by atoms with Gasteiger partial charge in [-0.05, 0) is 32.4 Å². The van der Waals surface area contributed by atoms with Crippen molar-refractivity contribution in [2.24, 2.45) is 0 Å². The van der Waals surface area contributed by atoms with Gasteiger partial charge in [0.15, 0.2) is 0 Å². The van der Waals surface area contributed by atoms with E-state index in [0.717, 1.165) is 25.3 Å². The van der Waals surface area contributed by atoms with Gasteiger partial charge in [-0.2, -0.15) is 0 Å². The standard InChI is InChI=1S/C16H24N2O2/c1-12(19)15-6-5-13(10-16(15)20)18-9-8-17-7-3-2-4-14(17)11-18/h5-6,10,12,14,19-20H,2-4,7-9,11H2,1H3. The highest BCUT2D eigenvalue weighted by Gasteiger charge is 2.29. The zero-order chi connectivity index (χ0) is 14.1. The Morgan fingerprint density at radius 1 is 1.20 bits per heavy atom. The van der Waals surface area contributed by atoms with Crippen molar-refractivity contribution in [2.45, 2.75) is 38.3 Å². The fourth-order valence-corrected chi connectivity index (χ4v) is 3.47. The lowest BCUT2D eigenvalue weighted by Gasteiger charge is -2.45. The van der Waals surface area contributed by atoms with E-state index in [-0.39, 0.29) is 5.75 Å². The first-order chi connectivity index (χ1) is 9.65. The Kier molecular flexibility index (Phi) is 3.85. The predicted molar refractivity (Wildman–Crippen MR) is 80.2 cm³/mol. The number of piperidine rings is 1. The van der Waals surface area contributed by atoms with Crippen molar-refractivity contribution in [1.29, 1.82) is 0 Å². The van der Waals surface area contributed by atoms with Gasteiger partial charge >= 0.3 is 0 Å². The third-order valence-electron chi connectivity index (χ3n) is 4.67. The summed E-state index contributed by atoms with van der Waals surface area (Å²) in [6.07, 6.45) is 3.33. The van der Waals surface area contributed by atoms with Gasteiger partial charge in [0.1, 0.15) is 5.75 Å². The predicted octanol–water partition coefficient (Wildman–Crippen LogP) is 2.12. The Morgan fingerprint density at radius 2 is 2.05 bits per heavy atom. The summed E-state index contributed by atoms with van der Waals surface area (Å²) in [6, 6.07) is 6.31. The van der Waals surface area contributed by atoms with Crippen molar-refractivity contribution in [1.82, 2.24) is 4.90 Å². The van der Waals surface area contributed by atoms with E-state index in [1.54, 1.807) is 13.0 Å². The Hall–Kier alpha value is -1.26. The summed E-state index contributed by atoms with van der Waals surface area (Å²) in [5.41, 5.74) is 1.67. The van der Waals surface area contributed by atoms with Crippen LogP contribution in [0.15, 0.2) is 18.2 Å². The SMILES string of the molecule is CC(O)c1ccc(N2CCN3CCCCC3C2)cc1O. The second kappa shape index (κ2) is 5.62. The van der Waals surface area contributed by atoms with Gasteiger partial charge in [0.25, 0.3) is 0 Å². The summed E-state index contributed by atoms with van der Waals surface area (Å²) >= 11 is 0. The minimum atomic E-state index is -0.626. The summed E-state index contributed by atoms with van der Waals surface area (Å²) in [5.74, 6) is 0.198. The van der Waals surface area contributed by atoms with Gasteiger partial charge in [0.05, 0.1) is 6.10 Å². The van der Waals surface area contributed by atoms with E-state index in [4.69, 9.17) is 0 Å². The quantitative estimate of drug-likeness (QED) is 0.868. The minimum absolute atomic E-state index is 0.198. The molecule has 1 aromatic rings. The van der Waals surface area contributed by atoms with Crippen LogP contribution < -0.4 is 4.90 Å². The Bertz CT molecular complexity index is 476. The summed E-state index contributed by atoms with van der Waals surface area (Å²) in [4.78, 5) is 4.96. The summed E-state index contributed by atoms with van der Waals surface area (Å²) in [5, 5.41) is 19.6. The topological polar surface area (TPSA) is 46.9 Å². The first kappa shape index (κ1) is 13.7. The van der Waals surface area contributed by atoms with Gasteiger partial charge in [-0.25, -0.2) is 0 Å². The number of anilines is 1. The highest BCUT2D eigenvalue weighted by Crippen LogP contribution is 2.31. The normalized spacial score (nSPS) is 25.3. The average molecular weight is 276 g/mol. The Labute approximate surface area is 120 Å². The van der Waals surface area contributed by atoms with Crippen LogP contribution in [0.25, 0.3) is 0 Å². The second-order valence-corrected chi connectivity index (χ2v) is 6.05. The Balaban J connectivity index is 1.75. The van der Waals surface area contributed by atoms with E-state index in [2.05, 4.69) is 9.80 Å². The van der Waals surface area contributed by atoms with Gasteiger partial charge in [-0.3, -0.25) is 4.90 Å². The lowest BCUT2D eigenvalue weighted by molar-refractivity contribution is 0.133. The third-order valence-corrected chi connectivity index (χ3v) is 4.67. The largest absolute Gasteiger partial charge is 0.507 e. The molecule has 1 aromatic carbocycles. The molecule has 0 amide bonds.